The molecule has 0 saturated heterocycles. The van der Waals surface area contributed by atoms with Gasteiger partial charge in [-0.15, -0.1) is 0 Å². The SMILES string of the molecule is Cc1ccc(F)c(C(C)C(C)C(=O)O)c1F. The van der Waals surface area contributed by atoms with Gasteiger partial charge in [-0.3, -0.25) is 4.79 Å². The van der Waals surface area contributed by atoms with E-state index in [9.17, 15) is 13.6 Å². The summed E-state index contributed by atoms with van der Waals surface area (Å²) in [6, 6.07) is 2.51. The van der Waals surface area contributed by atoms with Crippen molar-refractivity contribution in [2.24, 2.45) is 5.92 Å². The summed E-state index contributed by atoms with van der Waals surface area (Å²) >= 11 is 0. The van der Waals surface area contributed by atoms with Gasteiger partial charge in [-0.25, -0.2) is 8.78 Å². The Balaban J connectivity index is 3.22. The van der Waals surface area contributed by atoms with Crippen LogP contribution < -0.4 is 0 Å². The Kier molecular flexibility index (Phi) is 3.62. The highest BCUT2D eigenvalue weighted by Crippen LogP contribution is 2.30. The fraction of sp³-hybridized carbons (Fsp3) is 0.417. The second-order valence-electron chi connectivity index (χ2n) is 4.01. The van der Waals surface area contributed by atoms with Crippen molar-refractivity contribution in [3.8, 4) is 0 Å². The zero-order valence-corrected chi connectivity index (χ0v) is 9.42. The minimum absolute atomic E-state index is 0.144. The quantitative estimate of drug-likeness (QED) is 0.863. The van der Waals surface area contributed by atoms with Crippen LogP contribution in [-0.4, -0.2) is 11.1 Å². The van der Waals surface area contributed by atoms with Gasteiger partial charge in [0.15, 0.2) is 0 Å². The van der Waals surface area contributed by atoms with Gasteiger partial charge in [0.2, 0.25) is 0 Å². The van der Waals surface area contributed by atoms with Crippen LogP contribution in [0.4, 0.5) is 8.78 Å². The Hall–Kier alpha value is -1.45. The zero-order chi connectivity index (χ0) is 12.5. The van der Waals surface area contributed by atoms with Gasteiger partial charge < -0.3 is 5.11 Å². The van der Waals surface area contributed by atoms with Gasteiger partial charge in [-0.05, 0) is 24.5 Å². The second kappa shape index (κ2) is 4.60. The summed E-state index contributed by atoms with van der Waals surface area (Å²) in [6.07, 6.45) is 0. The van der Waals surface area contributed by atoms with Crippen molar-refractivity contribution >= 4 is 5.97 Å². The molecule has 1 rings (SSSR count). The van der Waals surface area contributed by atoms with Crippen molar-refractivity contribution in [1.29, 1.82) is 0 Å². The molecule has 0 aliphatic carbocycles. The van der Waals surface area contributed by atoms with E-state index in [0.29, 0.717) is 5.56 Å². The summed E-state index contributed by atoms with van der Waals surface area (Å²) < 4.78 is 27.2. The van der Waals surface area contributed by atoms with Crippen molar-refractivity contribution in [2.75, 3.05) is 0 Å². The fourth-order valence-corrected chi connectivity index (χ4v) is 1.56. The molecule has 0 radical (unpaired) electrons. The van der Waals surface area contributed by atoms with Crippen LogP contribution >= 0.6 is 0 Å². The maximum atomic E-state index is 13.7. The van der Waals surface area contributed by atoms with Crippen molar-refractivity contribution < 1.29 is 18.7 Å². The van der Waals surface area contributed by atoms with Crippen molar-refractivity contribution in [1.82, 2.24) is 0 Å². The number of halogens is 2. The molecule has 1 N–H and O–H groups in total. The predicted molar refractivity (Wildman–Crippen MR) is 56.3 cm³/mol. The second-order valence-corrected chi connectivity index (χ2v) is 4.01. The predicted octanol–water partition coefficient (Wildman–Crippen LogP) is 3.10. The van der Waals surface area contributed by atoms with E-state index < -0.39 is 29.4 Å². The molecule has 88 valence electrons. The van der Waals surface area contributed by atoms with Crippen LogP contribution in [0.5, 0.6) is 0 Å². The Bertz CT molecular complexity index is 416. The van der Waals surface area contributed by atoms with E-state index in [-0.39, 0.29) is 5.56 Å². The molecule has 1 aromatic rings. The van der Waals surface area contributed by atoms with Crippen LogP contribution in [0.1, 0.15) is 30.9 Å². The molecule has 0 spiro atoms. The van der Waals surface area contributed by atoms with Gasteiger partial charge in [0.05, 0.1) is 5.92 Å². The van der Waals surface area contributed by atoms with Crippen LogP contribution in [0.3, 0.4) is 0 Å². The third-order valence-electron chi connectivity index (χ3n) is 2.91. The average Bonchev–Trinajstić information content (AvgIpc) is 2.22. The molecule has 0 aliphatic rings. The topological polar surface area (TPSA) is 37.3 Å². The third-order valence-corrected chi connectivity index (χ3v) is 2.91. The maximum absolute atomic E-state index is 13.7. The minimum Gasteiger partial charge on any atom is -0.481 e. The van der Waals surface area contributed by atoms with Gasteiger partial charge in [0, 0.05) is 5.56 Å². The van der Waals surface area contributed by atoms with E-state index in [2.05, 4.69) is 0 Å². The largest absolute Gasteiger partial charge is 0.481 e. The standard InChI is InChI=1S/C12H14F2O2/c1-6-4-5-9(13)10(11(6)14)7(2)8(3)12(15)16/h4-5,7-8H,1-3H3,(H,15,16). The van der Waals surface area contributed by atoms with Gasteiger partial charge in [-0.2, -0.15) is 0 Å². The highest BCUT2D eigenvalue weighted by atomic mass is 19.1. The van der Waals surface area contributed by atoms with E-state index in [1.807, 2.05) is 0 Å². The molecule has 0 saturated carbocycles. The van der Waals surface area contributed by atoms with Crippen molar-refractivity contribution in [3.05, 3.63) is 34.9 Å². The Morgan fingerprint density at radius 3 is 2.38 bits per heavy atom. The van der Waals surface area contributed by atoms with Crippen molar-refractivity contribution in [3.63, 3.8) is 0 Å². The molecule has 0 fully saturated rings. The van der Waals surface area contributed by atoms with Gasteiger partial charge >= 0.3 is 5.97 Å². The van der Waals surface area contributed by atoms with Crippen LogP contribution in [0, 0.1) is 24.5 Å². The van der Waals surface area contributed by atoms with Crippen LogP contribution in [0.25, 0.3) is 0 Å². The summed E-state index contributed by atoms with van der Waals surface area (Å²) in [4.78, 5) is 10.8. The molecule has 0 aromatic heterocycles. The lowest BCUT2D eigenvalue weighted by atomic mass is 9.87. The lowest BCUT2D eigenvalue weighted by Gasteiger charge is -2.18. The molecule has 4 heteroatoms. The monoisotopic (exact) mass is 228 g/mol. The zero-order valence-electron chi connectivity index (χ0n) is 9.42. The minimum atomic E-state index is -1.06. The molecule has 1 aromatic carbocycles. The number of aryl methyl sites for hydroxylation is 1. The van der Waals surface area contributed by atoms with E-state index in [1.54, 1.807) is 0 Å². The van der Waals surface area contributed by atoms with E-state index in [0.717, 1.165) is 0 Å². The smallest absolute Gasteiger partial charge is 0.306 e. The first-order valence-corrected chi connectivity index (χ1v) is 5.03. The molecule has 16 heavy (non-hydrogen) atoms. The Morgan fingerprint density at radius 1 is 1.31 bits per heavy atom. The Morgan fingerprint density at radius 2 is 1.88 bits per heavy atom. The first-order valence-electron chi connectivity index (χ1n) is 5.03. The maximum Gasteiger partial charge on any atom is 0.306 e. The summed E-state index contributed by atoms with van der Waals surface area (Å²) in [5.74, 6) is -3.93. The average molecular weight is 228 g/mol. The molecular weight excluding hydrogens is 214 g/mol. The van der Waals surface area contributed by atoms with E-state index in [4.69, 9.17) is 5.11 Å². The molecule has 0 aliphatic heterocycles. The number of carboxylic acid groups (broad SMARTS) is 1. The molecule has 2 unspecified atom stereocenters. The number of aliphatic carboxylic acids is 1. The number of carboxylic acids is 1. The summed E-state index contributed by atoms with van der Waals surface area (Å²) in [6.45, 7) is 4.48. The Labute approximate surface area is 92.9 Å². The highest BCUT2D eigenvalue weighted by Gasteiger charge is 2.26. The van der Waals surface area contributed by atoms with Gasteiger partial charge in [-0.1, -0.05) is 19.9 Å². The van der Waals surface area contributed by atoms with Crippen LogP contribution in [-0.2, 0) is 4.79 Å². The number of rotatable bonds is 3. The third kappa shape index (κ3) is 2.21. The van der Waals surface area contributed by atoms with Crippen LogP contribution in [0.15, 0.2) is 12.1 Å². The summed E-state index contributed by atoms with van der Waals surface area (Å²) in [7, 11) is 0. The first kappa shape index (κ1) is 12.6. The number of hydrogen-bond acceptors (Lipinski definition) is 1. The summed E-state index contributed by atoms with van der Waals surface area (Å²) in [5, 5.41) is 8.82. The van der Waals surface area contributed by atoms with Crippen LogP contribution in [0.2, 0.25) is 0 Å². The van der Waals surface area contributed by atoms with Gasteiger partial charge in [0.1, 0.15) is 11.6 Å². The molecule has 0 amide bonds. The van der Waals surface area contributed by atoms with E-state index >= 15 is 0 Å². The highest BCUT2D eigenvalue weighted by molar-refractivity contribution is 5.70. The first-order chi connectivity index (χ1) is 7.36. The summed E-state index contributed by atoms with van der Waals surface area (Å²) in [5.41, 5.74) is 0.177. The molecule has 2 nitrogen and oxygen atoms in total. The lowest BCUT2D eigenvalue weighted by Crippen LogP contribution is -2.19. The molecule has 2 atom stereocenters. The normalized spacial score (nSPS) is 14.6. The van der Waals surface area contributed by atoms with E-state index in [1.165, 1.54) is 32.9 Å². The van der Waals surface area contributed by atoms with Gasteiger partial charge in [0.25, 0.3) is 0 Å². The molecule has 0 bridgehead atoms. The fourth-order valence-electron chi connectivity index (χ4n) is 1.56. The number of carbonyl (C=O) groups is 1. The molecular formula is C12H14F2O2. The van der Waals surface area contributed by atoms with Crippen molar-refractivity contribution in [2.45, 2.75) is 26.7 Å². The number of benzene rings is 1. The number of hydrogen-bond donors (Lipinski definition) is 1. The lowest BCUT2D eigenvalue weighted by molar-refractivity contribution is -0.141. The molecule has 0 heterocycles.